The Bertz CT molecular complexity index is 1270. The van der Waals surface area contributed by atoms with Crippen molar-refractivity contribution in [3.63, 3.8) is 0 Å². The fourth-order valence-corrected chi connectivity index (χ4v) is 3.54. The van der Waals surface area contributed by atoms with Crippen LogP contribution in [0.25, 0.3) is 0 Å². The Morgan fingerprint density at radius 2 is 1.59 bits per heavy atom. The summed E-state index contributed by atoms with van der Waals surface area (Å²) in [5.74, 6) is -2.99. The summed E-state index contributed by atoms with van der Waals surface area (Å²) in [4.78, 5) is 51.5. The van der Waals surface area contributed by atoms with Gasteiger partial charge in [-0.1, -0.05) is 23.7 Å². The molecular weight excluding hydrogens is 437 g/mol. The molecule has 3 aromatic carbocycles. The maximum absolute atomic E-state index is 13.2. The van der Waals surface area contributed by atoms with Crippen molar-refractivity contribution in [1.29, 1.82) is 0 Å². The zero-order valence-electron chi connectivity index (χ0n) is 16.7. The monoisotopic (exact) mass is 451 g/mol. The van der Waals surface area contributed by atoms with Crippen molar-refractivity contribution in [2.45, 2.75) is 13.0 Å². The molecule has 8 heteroatoms. The van der Waals surface area contributed by atoms with E-state index in [9.17, 15) is 23.6 Å². The van der Waals surface area contributed by atoms with Crippen molar-refractivity contribution in [2.75, 3.05) is 4.90 Å². The zero-order valence-corrected chi connectivity index (χ0v) is 17.4. The number of esters is 1. The number of carbonyl (C=O) groups is 4. The highest BCUT2D eigenvalue weighted by atomic mass is 35.5. The smallest absolute Gasteiger partial charge is 0.338 e. The van der Waals surface area contributed by atoms with E-state index in [1.165, 1.54) is 43.3 Å². The second kappa shape index (κ2) is 8.36. The number of nitrogens with zero attached hydrogens (tertiary/aromatic N) is 1. The number of ketones is 1. The second-order valence-corrected chi connectivity index (χ2v) is 7.54. The molecule has 0 aromatic heterocycles. The fraction of sp³-hybridized carbons (Fsp3) is 0.0833. The van der Waals surface area contributed by atoms with Crippen LogP contribution < -0.4 is 4.90 Å². The third-order valence-corrected chi connectivity index (χ3v) is 5.20. The average molecular weight is 452 g/mol. The minimum Gasteiger partial charge on any atom is -0.451 e. The van der Waals surface area contributed by atoms with Crippen molar-refractivity contribution < 1.29 is 28.3 Å². The van der Waals surface area contributed by atoms with Gasteiger partial charge in [-0.15, -0.1) is 0 Å². The van der Waals surface area contributed by atoms with Gasteiger partial charge in [-0.05, 0) is 61.5 Å². The van der Waals surface area contributed by atoms with Crippen LogP contribution in [-0.4, -0.2) is 29.7 Å². The van der Waals surface area contributed by atoms with Crippen LogP contribution in [0.3, 0.4) is 0 Å². The number of ether oxygens (including phenoxy) is 1. The van der Waals surface area contributed by atoms with Crippen LogP contribution in [-0.2, 0) is 4.74 Å². The number of hydrogen-bond acceptors (Lipinski definition) is 5. The molecule has 2 amide bonds. The third-order valence-electron chi connectivity index (χ3n) is 4.97. The maximum atomic E-state index is 13.2. The Kier molecular flexibility index (Phi) is 5.59. The quantitative estimate of drug-likeness (QED) is 0.319. The Labute approximate surface area is 187 Å². The van der Waals surface area contributed by atoms with Gasteiger partial charge in [0.05, 0.1) is 22.4 Å². The number of Topliss-reactive ketones (excluding diaryl/α,β-unsaturated/α-hetero) is 1. The van der Waals surface area contributed by atoms with Gasteiger partial charge in [0.15, 0.2) is 6.10 Å². The molecule has 3 aromatic rings. The summed E-state index contributed by atoms with van der Waals surface area (Å²) in [5.41, 5.74) is 0.642. The molecule has 160 valence electrons. The lowest BCUT2D eigenvalue weighted by atomic mass is 10.1. The van der Waals surface area contributed by atoms with E-state index < -0.39 is 35.5 Å². The Morgan fingerprint density at radius 3 is 2.28 bits per heavy atom. The van der Waals surface area contributed by atoms with Crippen molar-refractivity contribution in [2.24, 2.45) is 0 Å². The molecule has 0 saturated heterocycles. The van der Waals surface area contributed by atoms with E-state index in [1.54, 1.807) is 18.2 Å². The minimum atomic E-state index is -1.10. The van der Waals surface area contributed by atoms with Crippen molar-refractivity contribution in [1.82, 2.24) is 0 Å². The number of hydrogen-bond donors (Lipinski definition) is 0. The van der Waals surface area contributed by atoms with E-state index in [4.69, 9.17) is 16.3 Å². The van der Waals surface area contributed by atoms with E-state index in [1.807, 2.05) is 0 Å². The molecule has 4 rings (SSSR count). The van der Waals surface area contributed by atoms with E-state index in [0.717, 1.165) is 17.0 Å². The molecule has 0 spiro atoms. The van der Waals surface area contributed by atoms with Crippen LogP contribution in [0.1, 0.15) is 48.4 Å². The predicted octanol–water partition coefficient (Wildman–Crippen LogP) is 4.71. The summed E-state index contributed by atoms with van der Waals surface area (Å²) < 4.78 is 18.4. The van der Waals surface area contributed by atoms with Crippen LogP contribution in [0, 0.1) is 5.82 Å². The predicted molar refractivity (Wildman–Crippen MR) is 115 cm³/mol. The maximum Gasteiger partial charge on any atom is 0.338 e. The van der Waals surface area contributed by atoms with Crippen LogP contribution in [0.4, 0.5) is 10.1 Å². The van der Waals surface area contributed by atoms with E-state index >= 15 is 0 Å². The van der Waals surface area contributed by atoms with Crippen molar-refractivity contribution in [3.8, 4) is 0 Å². The third kappa shape index (κ3) is 3.90. The molecule has 1 aliphatic heterocycles. The largest absolute Gasteiger partial charge is 0.451 e. The minimum absolute atomic E-state index is 0.0107. The fourth-order valence-electron chi connectivity index (χ4n) is 3.35. The summed E-state index contributed by atoms with van der Waals surface area (Å²) in [6.07, 6.45) is -1.10. The van der Waals surface area contributed by atoms with Gasteiger partial charge in [0.25, 0.3) is 11.8 Å². The first-order valence-electron chi connectivity index (χ1n) is 9.55. The van der Waals surface area contributed by atoms with Crippen LogP contribution in [0.5, 0.6) is 0 Å². The first-order chi connectivity index (χ1) is 15.3. The summed E-state index contributed by atoms with van der Waals surface area (Å²) in [7, 11) is 0. The van der Waals surface area contributed by atoms with Gasteiger partial charge in [-0.2, -0.15) is 0 Å². The van der Waals surface area contributed by atoms with Gasteiger partial charge in [0, 0.05) is 10.6 Å². The summed E-state index contributed by atoms with van der Waals surface area (Å²) in [6, 6.07) is 15.1. The van der Waals surface area contributed by atoms with E-state index in [0.29, 0.717) is 10.6 Å². The molecule has 1 atom stereocenters. The van der Waals surface area contributed by atoms with E-state index in [2.05, 4.69) is 0 Å². The molecule has 6 nitrogen and oxygen atoms in total. The molecule has 0 saturated carbocycles. The number of halogens is 2. The number of imide groups is 1. The highest BCUT2D eigenvalue weighted by Crippen LogP contribution is 2.29. The first-order valence-corrected chi connectivity index (χ1v) is 9.93. The first kappa shape index (κ1) is 21.4. The Hall–Kier alpha value is -3.84. The van der Waals surface area contributed by atoms with E-state index in [-0.39, 0.29) is 22.4 Å². The molecule has 0 N–H and O–H groups in total. The highest BCUT2D eigenvalue weighted by molar-refractivity contribution is 6.34. The van der Waals surface area contributed by atoms with Gasteiger partial charge >= 0.3 is 5.97 Å². The lowest BCUT2D eigenvalue weighted by Gasteiger charge is -2.13. The van der Waals surface area contributed by atoms with Gasteiger partial charge < -0.3 is 4.74 Å². The Morgan fingerprint density at radius 1 is 0.906 bits per heavy atom. The zero-order chi connectivity index (χ0) is 23.0. The average Bonchev–Trinajstić information content (AvgIpc) is 3.03. The van der Waals surface area contributed by atoms with Gasteiger partial charge in [0.2, 0.25) is 5.78 Å². The lowest BCUT2D eigenvalue weighted by Crippen LogP contribution is -2.29. The molecule has 0 radical (unpaired) electrons. The van der Waals surface area contributed by atoms with Crippen LogP contribution in [0.15, 0.2) is 66.7 Å². The number of fused-ring (bicyclic) bond motifs is 1. The molecule has 0 bridgehead atoms. The normalized spacial score (nSPS) is 13.7. The highest BCUT2D eigenvalue weighted by Gasteiger charge is 2.37. The van der Waals surface area contributed by atoms with Crippen molar-refractivity contribution >= 4 is 40.9 Å². The summed E-state index contributed by atoms with van der Waals surface area (Å²) in [6.45, 7) is 1.43. The number of carbonyl (C=O) groups excluding carboxylic acids is 4. The molecule has 1 aliphatic rings. The molecule has 1 heterocycles. The van der Waals surface area contributed by atoms with Gasteiger partial charge in [-0.3, -0.25) is 14.4 Å². The topological polar surface area (TPSA) is 80.8 Å². The number of rotatable bonds is 5. The van der Waals surface area contributed by atoms with Gasteiger partial charge in [-0.25, -0.2) is 14.1 Å². The SMILES string of the molecule is CC(OC(=O)c1ccc2c(c1)C(=O)N(c1ccc(F)cc1)C2=O)C(=O)c1cccc(Cl)c1. The summed E-state index contributed by atoms with van der Waals surface area (Å²) >= 11 is 5.90. The standard InChI is InChI=1S/C24H15ClFNO5/c1-13(21(28)14-3-2-4-16(25)11-14)32-24(31)15-5-10-19-20(12-15)23(30)27(22(19)29)18-8-6-17(26)7-9-18/h2-13H,1H3. The van der Waals surface area contributed by atoms with Crippen LogP contribution in [0.2, 0.25) is 5.02 Å². The molecule has 0 aliphatic carbocycles. The molecule has 0 fully saturated rings. The number of amides is 2. The second-order valence-electron chi connectivity index (χ2n) is 7.10. The number of anilines is 1. The van der Waals surface area contributed by atoms with Gasteiger partial charge in [0.1, 0.15) is 5.82 Å². The Balaban J connectivity index is 1.54. The summed E-state index contributed by atoms with van der Waals surface area (Å²) in [5, 5.41) is 0.377. The molecular formula is C24H15ClFNO5. The number of benzene rings is 3. The lowest BCUT2D eigenvalue weighted by molar-refractivity contribution is 0.0318. The van der Waals surface area contributed by atoms with Crippen LogP contribution >= 0.6 is 11.6 Å². The van der Waals surface area contributed by atoms with Crippen molar-refractivity contribution in [3.05, 3.63) is 99.8 Å². The molecule has 1 unspecified atom stereocenters. The molecule has 32 heavy (non-hydrogen) atoms.